The lowest BCUT2D eigenvalue weighted by atomic mass is 10.0. The molecule has 0 aliphatic carbocycles. The lowest BCUT2D eigenvalue weighted by molar-refractivity contribution is 0.102. The number of benzene rings is 1. The number of hydrogen-bond acceptors (Lipinski definition) is 4. The van der Waals surface area contributed by atoms with Crippen LogP contribution in [-0.2, 0) is 0 Å². The zero-order chi connectivity index (χ0) is 13.7. The van der Waals surface area contributed by atoms with Crippen molar-refractivity contribution in [2.24, 2.45) is 0 Å². The molecule has 2 rings (SSSR count). The molecule has 1 aromatic heterocycles. The van der Waals surface area contributed by atoms with Gasteiger partial charge in [-0.25, -0.2) is 4.98 Å². The van der Waals surface area contributed by atoms with Crippen molar-refractivity contribution in [1.29, 1.82) is 0 Å². The van der Waals surface area contributed by atoms with Gasteiger partial charge in [-0.15, -0.1) is 11.3 Å². The van der Waals surface area contributed by atoms with Gasteiger partial charge in [0.25, 0.3) is 5.91 Å². The fourth-order valence-corrected chi connectivity index (χ4v) is 2.13. The Hall–Kier alpha value is -2.16. The second kappa shape index (κ2) is 6.14. The lowest BCUT2D eigenvalue weighted by Crippen LogP contribution is -2.13. The molecule has 19 heavy (non-hydrogen) atoms. The van der Waals surface area contributed by atoms with Gasteiger partial charge in [0.1, 0.15) is 6.61 Å². The average molecular weight is 272 g/mol. The van der Waals surface area contributed by atoms with Crippen LogP contribution in [0.1, 0.15) is 21.5 Å². The maximum absolute atomic E-state index is 12.1. The largest absolute Gasteiger partial charge is 0.384 e. The summed E-state index contributed by atoms with van der Waals surface area (Å²) in [4.78, 5) is 16.1. The first kappa shape index (κ1) is 13.3. The molecule has 1 aromatic carbocycles. The van der Waals surface area contributed by atoms with Gasteiger partial charge in [-0.3, -0.25) is 10.1 Å². The van der Waals surface area contributed by atoms with Crippen LogP contribution in [0.25, 0.3) is 0 Å². The second-order valence-corrected chi connectivity index (χ2v) is 4.62. The molecule has 2 N–H and O–H groups in total. The SMILES string of the molecule is Cc1c(C#CCO)cccc1C(=O)Nc1nccs1. The predicted octanol–water partition coefficient (Wildman–Crippen LogP) is 2.05. The fraction of sp³-hybridized carbons (Fsp3) is 0.143. The summed E-state index contributed by atoms with van der Waals surface area (Å²) < 4.78 is 0. The number of aliphatic hydroxyl groups excluding tert-OH is 1. The highest BCUT2D eigenvalue weighted by Gasteiger charge is 2.11. The number of rotatable bonds is 2. The maximum Gasteiger partial charge on any atom is 0.257 e. The average Bonchev–Trinajstić information content (AvgIpc) is 2.90. The summed E-state index contributed by atoms with van der Waals surface area (Å²) in [5, 5.41) is 13.8. The number of nitrogens with one attached hydrogen (secondary N) is 1. The first-order valence-corrected chi connectivity index (χ1v) is 6.50. The third-order valence-corrected chi connectivity index (χ3v) is 3.22. The number of hydrogen-bond donors (Lipinski definition) is 2. The number of carbonyl (C=O) groups excluding carboxylic acids is 1. The molecular weight excluding hydrogens is 260 g/mol. The van der Waals surface area contributed by atoms with Gasteiger partial charge in [-0.1, -0.05) is 17.9 Å². The molecule has 2 aromatic rings. The van der Waals surface area contributed by atoms with Crippen LogP contribution < -0.4 is 5.32 Å². The molecule has 0 saturated heterocycles. The minimum absolute atomic E-state index is 0.199. The number of carbonyl (C=O) groups is 1. The Bertz CT molecular complexity index is 639. The van der Waals surface area contributed by atoms with E-state index in [0.717, 1.165) is 11.1 Å². The molecule has 0 unspecified atom stereocenters. The summed E-state index contributed by atoms with van der Waals surface area (Å²) in [5.41, 5.74) is 2.08. The summed E-state index contributed by atoms with van der Waals surface area (Å²) >= 11 is 1.37. The van der Waals surface area contributed by atoms with Gasteiger partial charge in [-0.05, 0) is 24.6 Å². The van der Waals surface area contributed by atoms with Crippen LogP contribution in [0.5, 0.6) is 0 Å². The van der Waals surface area contributed by atoms with Crippen LogP contribution in [0.3, 0.4) is 0 Å². The molecule has 0 aliphatic heterocycles. The van der Waals surface area contributed by atoms with E-state index in [1.54, 1.807) is 23.7 Å². The molecule has 0 spiro atoms. The van der Waals surface area contributed by atoms with Gasteiger partial charge in [0.05, 0.1) is 0 Å². The Morgan fingerprint density at radius 3 is 3.05 bits per heavy atom. The summed E-state index contributed by atoms with van der Waals surface area (Å²) in [7, 11) is 0. The van der Waals surface area contributed by atoms with Crippen LogP contribution in [0.15, 0.2) is 29.8 Å². The van der Waals surface area contributed by atoms with E-state index in [1.807, 2.05) is 13.0 Å². The van der Waals surface area contributed by atoms with Gasteiger partial charge in [-0.2, -0.15) is 0 Å². The Morgan fingerprint density at radius 1 is 1.53 bits per heavy atom. The Labute approximate surface area is 115 Å². The van der Waals surface area contributed by atoms with E-state index in [0.29, 0.717) is 10.7 Å². The first-order valence-electron chi connectivity index (χ1n) is 5.62. The molecule has 1 heterocycles. The van der Waals surface area contributed by atoms with E-state index >= 15 is 0 Å². The Morgan fingerprint density at radius 2 is 2.37 bits per heavy atom. The van der Waals surface area contributed by atoms with Crippen molar-refractivity contribution in [3.05, 3.63) is 46.5 Å². The van der Waals surface area contributed by atoms with Gasteiger partial charge >= 0.3 is 0 Å². The van der Waals surface area contributed by atoms with Gasteiger partial charge in [0.15, 0.2) is 5.13 Å². The van der Waals surface area contributed by atoms with Crippen LogP contribution >= 0.6 is 11.3 Å². The van der Waals surface area contributed by atoms with Crippen LogP contribution in [0, 0.1) is 18.8 Å². The van der Waals surface area contributed by atoms with E-state index in [9.17, 15) is 4.79 Å². The van der Waals surface area contributed by atoms with Crippen molar-refractivity contribution in [1.82, 2.24) is 4.98 Å². The number of amides is 1. The molecule has 0 fully saturated rings. The van der Waals surface area contributed by atoms with Gasteiger partial charge < -0.3 is 5.11 Å². The molecule has 4 nitrogen and oxygen atoms in total. The number of aromatic nitrogens is 1. The molecular formula is C14H12N2O2S. The van der Waals surface area contributed by atoms with Crippen LogP contribution in [0.2, 0.25) is 0 Å². The predicted molar refractivity (Wildman–Crippen MR) is 75.2 cm³/mol. The maximum atomic E-state index is 12.1. The highest BCUT2D eigenvalue weighted by molar-refractivity contribution is 7.13. The minimum Gasteiger partial charge on any atom is -0.384 e. The first-order chi connectivity index (χ1) is 9.22. The minimum atomic E-state index is -0.208. The van der Waals surface area contributed by atoms with Crippen molar-refractivity contribution < 1.29 is 9.90 Å². The molecule has 0 saturated carbocycles. The number of thiazole rings is 1. The Balaban J connectivity index is 2.27. The molecule has 1 amide bonds. The van der Waals surface area contributed by atoms with E-state index in [1.165, 1.54) is 11.3 Å². The normalized spacial score (nSPS) is 9.58. The molecule has 0 radical (unpaired) electrons. The monoisotopic (exact) mass is 272 g/mol. The van der Waals surface area contributed by atoms with E-state index < -0.39 is 0 Å². The van der Waals surface area contributed by atoms with Crippen LogP contribution in [-0.4, -0.2) is 22.6 Å². The summed E-state index contributed by atoms with van der Waals surface area (Å²) in [5.74, 6) is 5.20. The van der Waals surface area contributed by atoms with Crippen molar-refractivity contribution in [2.75, 3.05) is 11.9 Å². The molecule has 0 bridgehead atoms. The van der Waals surface area contributed by atoms with E-state index in [-0.39, 0.29) is 12.5 Å². The highest BCUT2D eigenvalue weighted by atomic mass is 32.1. The molecule has 5 heteroatoms. The number of aliphatic hydroxyl groups is 1. The molecule has 0 aliphatic rings. The van der Waals surface area contributed by atoms with Crippen molar-refractivity contribution >= 4 is 22.4 Å². The third kappa shape index (κ3) is 3.19. The van der Waals surface area contributed by atoms with E-state index in [2.05, 4.69) is 22.1 Å². The number of anilines is 1. The molecule has 96 valence electrons. The lowest BCUT2D eigenvalue weighted by Gasteiger charge is -2.07. The molecule has 0 atom stereocenters. The van der Waals surface area contributed by atoms with Gasteiger partial charge in [0.2, 0.25) is 0 Å². The fourth-order valence-electron chi connectivity index (χ4n) is 1.60. The zero-order valence-corrected chi connectivity index (χ0v) is 11.1. The smallest absolute Gasteiger partial charge is 0.257 e. The quantitative estimate of drug-likeness (QED) is 0.822. The van der Waals surface area contributed by atoms with Crippen molar-refractivity contribution in [3.8, 4) is 11.8 Å². The topological polar surface area (TPSA) is 62.2 Å². The highest BCUT2D eigenvalue weighted by Crippen LogP contribution is 2.16. The third-order valence-electron chi connectivity index (χ3n) is 2.53. The Kier molecular flexibility index (Phi) is 4.29. The number of nitrogens with zero attached hydrogens (tertiary/aromatic N) is 1. The standard InChI is InChI=1S/C14H12N2O2S/c1-10-11(5-3-8-17)4-2-6-12(10)13(18)16-14-15-7-9-19-14/h2,4,6-7,9,17H,8H2,1H3,(H,15,16,18). The summed E-state index contributed by atoms with van der Waals surface area (Å²) in [6.07, 6.45) is 1.64. The summed E-state index contributed by atoms with van der Waals surface area (Å²) in [6.45, 7) is 1.63. The summed E-state index contributed by atoms with van der Waals surface area (Å²) in [6, 6.07) is 5.33. The van der Waals surface area contributed by atoms with Gasteiger partial charge in [0, 0.05) is 22.7 Å². The zero-order valence-electron chi connectivity index (χ0n) is 10.3. The van der Waals surface area contributed by atoms with Crippen molar-refractivity contribution in [3.63, 3.8) is 0 Å². The second-order valence-electron chi connectivity index (χ2n) is 3.73. The van der Waals surface area contributed by atoms with Crippen LogP contribution in [0.4, 0.5) is 5.13 Å². The van der Waals surface area contributed by atoms with E-state index in [4.69, 9.17) is 5.11 Å². The van der Waals surface area contributed by atoms with Crippen molar-refractivity contribution in [2.45, 2.75) is 6.92 Å².